The number of para-hydroxylation sites is 1. The molecule has 0 radical (unpaired) electrons. The summed E-state index contributed by atoms with van der Waals surface area (Å²) in [4.78, 5) is 36.7. The molecule has 2 amide bonds. The lowest BCUT2D eigenvalue weighted by molar-refractivity contribution is -0.117. The number of nitrogens with one attached hydrogen (secondary N) is 2. The quantitative estimate of drug-likeness (QED) is 0.862. The van der Waals surface area contributed by atoms with Gasteiger partial charge in [0, 0.05) is 37.2 Å². The van der Waals surface area contributed by atoms with Crippen LogP contribution in [-0.2, 0) is 4.79 Å². The number of aromatic amines is 1. The Morgan fingerprint density at radius 2 is 2.00 bits per heavy atom. The number of nitrogens with zero attached hydrogens (tertiary/aromatic N) is 2. The van der Waals surface area contributed by atoms with Crippen molar-refractivity contribution in [3.05, 3.63) is 58.5 Å². The molecular weight excluding hydrogens is 296 g/mol. The third kappa shape index (κ3) is 3.45. The first kappa shape index (κ1) is 15.0. The van der Waals surface area contributed by atoms with Crippen molar-refractivity contribution in [3.8, 4) is 0 Å². The second kappa shape index (κ2) is 6.43. The zero-order valence-electron chi connectivity index (χ0n) is 12.4. The smallest absolute Gasteiger partial charge is 0.271 e. The average Bonchev–Trinajstić information content (AvgIpc) is 2.95. The molecule has 1 unspecified atom stereocenters. The van der Waals surface area contributed by atoms with E-state index in [4.69, 9.17) is 0 Å². The summed E-state index contributed by atoms with van der Waals surface area (Å²) < 4.78 is 0. The number of rotatable bonds is 4. The van der Waals surface area contributed by atoms with Gasteiger partial charge in [-0.05, 0) is 18.2 Å². The lowest BCUT2D eigenvalue weighted by atomic mass is 10.1. The first-order valence-electron chi connectivity index (χ1n) is 7.33. The Balaban J connectivity index is 1.57. The monoisotopic (exact) mass is 312 g/mol. The largest absolute Gasteiger partial charge is 0.350 e. The molecule has 1 saturated heterocycles. The fraction of sp³-hybridized carbons (Fsp3) is 0.250. The van der Waals surface area contributed by atoms with Crippen LogP contribution in [0.25, 0.3) is 0 Å². The molecule has 2 heterocycles. The summed E-state index contributed by atoms with van der Waals surface area (Å²) in [7, 11) is 0. The van der Waals surface area contributed by atoms with E-state index < -0.39 is 0 Å². The molecule has 0 saturated carbocycles. The summed E-state index contributed by atoms with van der Waals surface area (Å²) in [6, 6.07) is 12.1. The van der Waals surface area contributed by atoms with E-state index in [2.05, 4.69) is 15.5 Å². The van der Waals surface area contributed by atoms with E-state index in [0.29, 0.717) is 19.5 Å². The number of anilines is 1. The van der Waals surface area contributed by atoms with Crippen molar-refractivity contribution in [3.63, 3.8) is 0 Å². The Morgan fingerprint density at radius 3 is 2.70 bits per heavy atom. The number of hydrogen-bond acceptors (Lipinski definition) is 4. The molecular formula is C16H16N4O3. The minimum atomic E-state index is -0.369. The Labute approximate surface area is 132 Å². The fourth-order valence-electron chi connectivity index (χ4n) is 2.57. The molecule has 3 rings (SSSR count). The maximum absolute atomic E-state index is 12.1. The van der Waals surface area contributed by atoms with E-state index >= 15 is 0 Å². The zero-order valence-corrected chi connectivity index (χ0v) is 12.4. The van der Waals surface area contributed by atoms with Gasteiger partial charge in [-0.25, -0.2) is 5.10 Å². The van der Waals surface area contributed by atoms with Crippen molar-refractivity contribution >= 4 is 17.5 Å². The summed E-state index contributed by atoms with van der Waals surface area (Å²) in [5.74, 6) is -0.265. The van der Waals surface area contributed by atoms with Gasteiger partial charge in [0.2, 0.25) is 5.91 Å². The minimum absolute atomic E-state index is 0.0504. The zero-order chi connectivity index (χ0) is 16.2. The van der Waals surface area contributed by atoms with Gasteiger partial charge in [0.05, 0.1) is 0 Å². The second-order valence-electron chi connectivity index (χ2n) is 5.43. The molecule has 7 heteroatoms. The fourth-order valence-corrected chi connectivity index (χ4v) is 2.57. The van der Waals surface area contributed by atoms with Crippen molar-refractivity contribution in [2.45, 2.75) is 6.42 Å². The Bertz CT molecular complexity index is 752. The van der Waals surface area contributed by atoms with E-state index in [1.54, 1.807) is 4.90 Å². The lowest BCUT2D eigenvalue weighted by Crippen LogP contribution is -2.32. The van der Waals surface area contributed by atoms with Gasteiger partial charge < -0.3 is 10.2 Å². The van der Waals surface area contributed by atoms with Crippen LogP contribution >= 0.6 is 0 Å². The Morgan fingerprint density at radius 1 is 1.22 bits per heavy atom. The number of amides is 2. The maximum Gasteiger partial charge on any atom is 0.271 e. The lowest BCUT2D eigenvalue weighted by Gasteiger charge is -2.16. The van der Waals surface area contributed by atoms with Crippen LogP contribution in [-0.4, -0.2) is 35.1 Å². The van der Waals surface area contributed by atoms with Gasteiger partial charge in [-0.1, -0.05) is 18.2 Å². The summed E-state index contributed by atoms with van der Waals surface area (Å²) in [6.07, 6.45) is 0.397. The highest BCUT2D eigenvalue weighted by molar-refractivity contribution is 5.96. The van der Waals surface area contributed by atoms with Crippen molar-refractivity contribution in [1.82, 2.24) is 15.5 Å². The Kier molecular flexibility index (Phi) is 4.18. The van der Waals surface area contributed by atoms with Crippen LogP contribution in [0.5, 0.6) is 0 Å². The van der Waals surface area contributed by atoms with Gasteiger partial charge in [0.1, 0.15) is 5.69 Å². The highest BCUT2D eigenvalue weighted by Gasteiger charge is 2.30. The standard InChI is InChI=1S/C16H16N4O3/c21-14-7-6-13(18-19-14)16(23)17-9-11-8-15(22)20(10-11)12-4-2-1-3-5-12/h1-7,11H,8-10H2,(H,17,23)(H,19,21). The summed E-state index contributed by atoms with van der Waals surface area (Å²) in [6.45, 7) is 0.955. The molecule has 1 aliphatic heterocycles. The first-order chi connectivity index (χ1) is 11.1. The number of benzene rings is 1. The van der Waals surface area contributed by atoms with Crippen LogP contribution in [0.4, 0.5) is 5.69 Å². The second-order valence-corrected chi connectivity index (χ2v) is 5.43. The molecule has 0 spiro atoms. The van der Waals surface area contributed by atoms with E-state index in [1.807, 2.05) is 30.3 Å². The van der Waals surface area contributed by atoms with Crippen molar-refractivity contribution in [2.75, 3.05) is 18.0 Å². The first-order valence-corrected chi connectivity index (χ1v) is 7.33. The van der Waals surface area contributed by atoms with Crippen LogP contribution < -0.4 is 15.8 Å². The molecule has 1 aromatic heterocycles. The maximum atomic E-state index is 12.1. The SMILES string of the molecule is O=C(NCC1CC(=O)N(c2ccccc2)C1)c1ccc(=O)[nH]n1. The summed E-state index contributed by atoms with van der Waals surface area (Å²) in [5.41, 5.74) is 0.656. The topological polar surface area (TPSA) is 95.2 Å². The number of carbonyl (C=O) groups excluding carboxylic acids is 2. The van der Waals surface area contributed by atoms with Crippen LogP contribution in [0.1, 0.15) is 16.9 Å². The number of aromatic nitrogens is 2. The van der Waals surface area contributed by atoms with Crippen LogP contribution in [0.15, 0.2) is 47.3 Å². The normalized spacial score (nSPS) is 17.3. The molecule has 7 nitrogen and oxygen atoms in total. The molecule has 1 aromatic carbocycles. The van der Waals surface area contributed by atoms with Crippen molar-refractivity contribution in [2.24, 2.45) is 5.92 Å². The van der Waals surface area contributed by atoms with Crippen LogP contribution in [0, 0.1) is 5.92 Å². The van der Waals surface area contributed by atoms with Crippen LogP contribution in [0.3, 0.4) is 0 Å². The van der Waals surface area contributed by atoms with Gasteiger partial charge in [-0.2, -0.15) is 5.10 Å². The molecule has 1 aliphatic rings. The van der Waals surface area contributed by atoms with E-state index in [0.717, 1.165) is 5.69 Å². The molecule has 1 fully saturated rings. The van der Waals surface area contributed by atoms with Gasteiger partial charge in [-0.3, -0.25) is 14.4 Å². The van der Waals surface area contributed by atoms with Gasteiger partial charge in [0.15, 0.2) is 0 Å². The molecule has 0 aliphatic carbocycles. The average molecular weight is 312 g/mol. The van der Waals surface area contributed by atoms with Gasteiger partial charge >= 0.3 is 0 Å². The number of carbonyl (C=O) groups is 2. The molecule has 118 valence electrons. The highest BCUT2D eigenvalue weighted by atomic mass is 16.2. The number of H-pyrrole nitrogens is 1. The van der Waals surface area contributed by atoms with Gasteiger partial charge in [-0.15, -0.1) is 0 Å². The van der Waals surface area contributed by atoms with E-state index in [9.17, 15) is 14.4 Å². The summed E-state index contributed by atoms with van der Waals surface area (Å²) in [5, 5.41) is 8.64. The van der Waals surface area contributed by atoms with E-state index in [-0.39, 0.29) is 29.0 Å². The third-order valence-electron chi connectivity index (χ3n) is 3.74. The molecule has 0 bridgehead atoms. The predicted octanol–water partition coefficient (Wildman–Crippen LogP) is 0.553. The van der Waals surface area contributed by atoms with Crippen molar-refractivity contribution in [1.29, 1.82) is 0 Å². The Hall–Kier alpha value is -2.96. The number of hydrogen-bond donors (Lipinski definition) is 2. The van der Waals surface area contributed by atoms with Gasteiger partial charge in [0.25, 0.3) is 11.5 Å². The molecule has 23 heavy (non-hydrogen) atoms. The molecule has 1 atom stereocenters. The highest BCUT2D eigenvalue weighted by Crippen LogP contribution is 2.24. The predicted molar refractivity (Wildman–Crippen MR) is 84.1 cm³/mol. The third-order valence-corrected chi connectivity index (χ3v) is 3.74. The van der Waals surface area contributed by atoms with Crippen molar-refractivity contribution < 1.29 is 9.59 Å². The minimum Gasteiger partial charge on any atom is -0.350 e. The summed E-state index contributed by atoms with van der Waals surface area (Å²) >= 11 is 0. The van der Waals surface area contributed by atoms with E-state index in [1.165, 1.54) is 12.1 Å². The molecule has 2 aromatic rings. The van der Waals surface area contributed by atoms with Crippen LogP contribution in [0.2, 0.25) is 0 Å². The molecule has 2 N–H and O–H groups in total.